The normalized spacial score (nSPS) is 37.6. The van der Waals surface area contributed by atoms with Gasteiger partial charge in [-0.15, -0.1) is 0 Å². The predicted octanol–water partition coefficient (Wildman–Crippen LogP) is 9.10. The molecule has 0 radical (unpaired) electrons. The molecular formula is C39H52O6S2. The van der Waals surface area contributed by atoms with E-state index in [-0.39, 0.29) is 43.1 Å². The largest absolute Gasteiger partial charge is 0.379 e. The molecule has 8 heteroatoms. The number of hydrogen-bond donors (Lipinski definition) is 1. The SMILES string of the molecule is CC1(C)C2CCC1(c1cc(C34CCC(CC3)C4(C)C)c(S(=O)(=O)Oc3ccc(S(=O)(=O)O)cc3)c(C34CCC(CC3)C4(C)C)c1)CC2. The summed E-state index contributed by atoms with van der Waals surface area (Å²) < 4.78 is 69.3. The van der Waals surface area contributed by atoms with Gasteiger partial charge in [-0.2, -0.15) is 16.8 Å². The number of fused-ring (bicyclic) bond motifs is 6. The molecule has 6 saturated carbocycles. The van der Waals surface area contributed by atoms with E-state index in [4.69, 9.17) is 4.18 Å². The Morgan fingerprint density at radius 3 is 1.28 bits per heavy atom. The van der Waals surface area contributed by atoms with Crippen LogP contribution in [0, 0.1) is 34.0 Å². The van der Waals surface area contributed by atoms with Gasteiger partial charge < -0.3 is 4.18 Å². The Labute approximate surface area is 282 Å². The summed E-state index contributed by atoms with van der Waals surface area (Å²) in [5.41, 5.74) is 2.90. The zero-order valence-corrected chi connectivity index (χ0v) is 30.6. The monoisotopic (exact) mass is 680 g/mol. The predicted molar refractivity (Wildman–Crippen MR) is 183 cm³/mol. The molecule has 47 heavy (non-hydrogen) atoms. The number of hydrogen-bond acceptors (Lipinski definition) is 5. The van der Waals surface area contributed by atoms with Crippen molar-refractivity contribution in [3.05, 3.63) is 53.1 Å². The van der Waals surface area contributed by atoms with E-state index in [1.54, 1.807) is 0 Å². The third kappa shape index (κ3) is 3.98. The van der Waals surface area contributed by atoms with Gasteiger partial charge in [-0.3, -0.25) is 4.55 Å². The van der Waals surface area contributed by atoms with Crippen LogP contribution in [0.15, 0.2) is 46.2 Å². The maximum absolute atomic E-state index is 15.1. The molecule has 0 spiro atoms. The van der Waals surface area contributed by atoms with Crippen LogP contribution in [0.4, 0.5) is 0 Å². The van der Waals surface area contributed by atoms with E-state index in [0.717, 1.165) is 75.3 Å². The molecule has 6 bridgehead atoms. The van der Waals surface area contributed by atoms with Crippen LogP contribution in [0.5, 0.6) is 5.75 Å². The Balaban J connectivity index is 1.42. The molecule has 6 fully saturated rings. The maximum Gasteiger partial charge on any atom is 0.339 e. The van der Waals surface area contributed by atoms with E-state index < -0.39 is 20.2 Å². The number of rotatable bonds is 7. The summed E-state index contributed by atoms with van der Waals surface area (Å²) in [7, 11) is -8.78. The molecule has 256 valence electrons. The molecule has 6 nitrogen and oxygen atoms in total. The molecule has 0 aliphatic heterocycles. The average molecular weight is 681 g/mol. The third-order valence-electron chi connectivity index (χ3n) is 16.5. The molecule has 0 unspecified atom stereocenters. The van der Waals surface area contributed by atoms with Gasteiger partial charge in [0.05, 0.1) is 4.90 Å². The van der Waals surface area contributed by atoms with Crippen LogP contribution < -0.4 is 4.18 Å². The van der Waals surface area contributed by atoms with Crippen molar-refractivity contribution in [3.8, 4) is 5.75 Å². The molecule has 8 rings (SSSR count). The second-order valence-corrected chi connectivity index (χ2v) is 21.0. The van der Waals surface area contributed by atoms with Crippen molar-refractivity contribution in [2.75, 3.05) is 0 Å². The molecule has 1 N–H and O–H groups in total. The fraction of sp³-hybridized carbons (Fsp3) is 0.692. The summed E-state index contributed by atoms with van der Waals surface area (Å²) >= 11 is 0. The minimum absolute atomic E-state index is 0.0325. The van der Waals surface area contributed by atoms with Gasteiger partial charge in [0.25, 0.3) is 10.1 Å². The fourth-order valence-electron chi connectivity index (χ4n) is 13.2. The Hall–Kier alpha value is -1.90. The van der Waals surface area contributed by atoms with E-state index in [9.17, 15) is 13.0 Å². The lowest BCUT2D eigenvalue weighted by Crippen LogP contribution is -2.42. The van der Waals surface area contributed by atoms with Crippen LogP contribution in [0.1, 0.15) is 135 Å². The van der Waals surface area contributed by atoms with Gasteiger partial charge in [0.1, 0.15) is 10.6 Å². The van der Waals surface area contributed by atoms with Gasteiger partial charge >= 0.3 is 10.1 Å². The molecule has 6 aliphatic carbocycles. The van der Waals surface area contributed by atoms with Crippen LogP contribution >= 0.6 is 0 Å². The average Bonchev–Trinajstić information content (AvgIpc) is 3.76. The standard InChI is InChI=1S/C39H52O6S2/c1-34(2)25-11-17-37(34,18-12-25)28-23-31(38-19-13-26(14-20-38)35(38,3)4)33(32(24-28)39-21-15-27(16-22-39)36(39,5)6)47(43,44)45-29-7-9-30(10-8-29)46(40,41)42/h7-10,23-27H,11-22H2,1-6H3,(H,40,41,42). The maximum atomic E-state index is 15.1. The lowest BCUT2D eigenvalue weighted by Gasteiger charge is -2.46. The highest BCUT2D eigenvalue weighted by molar-refractivity contribution is 7.87. The van der Waals surface area contributed by atoms with Crippen molar-refractivity contribution in [1.29, 1.82) is 0 Å². The van der Waals surface area contributed by atoms with E-state index in [1.165, 1.54) is 42.7 Å². The van der Waals surface area contributed by atoms with E-state index >= 15 is 8.42 Å². The highest BCUT2D eigenvalue weighted by Crippen LogP contribution is 2.72. The lowest BCUT2D eigenvalue weighted by atomic mass is 9.58. The van der Waals surface area contributed by atoms with Crippen molar-refractivity contribution in [3.63, 3.8) is 0 Å². The van der Waals surface area contributed by atoms with Gasteiger partial charge in [0, 0.05) is 16.2 Å². The number of benzene rings is 2. The minimum atomic E-state index is -4.42. The highest BCUT2D eigenvalue weighted by atomic mass is 32.2. The molecular weight excluding hydrogens is 629 g/mol. The van der Waals surface area contributed by atoms with Crippen molar-refractivity contribution < 1.29 is 25.6 Å². The van der Waals surface area contributed by atoms with Gasteiger partial charge in [-0.1, -0.05) is 53.7 Å². The minimum Gasteiger partial charge on any atom is -0.379 e. The summed E-state index contributed by atoms with van der Waals surface area (Å²) in [6.45, 7) is 14.4. The van der Waals surface area contributed by atoms with E-state index in [0.29, 0.717) is 22.6 Å². The zero-order valence-electron chi connectivity index (χ0n) is 29.0. The molecule has 0 amide bonds. The van der Waals surface area contributed by atoms with Gasteiger partial charge in [0.2, 0.25) is 0 Å². The molecule has 0 aromatic heterocycles. The molecule has 0 atom stereocenters. The van der Waals surface area contributed by atoms with E-state index in [2.05, 4.69) is 53.7 Å². The second kappa shape index (κ2) is 9.66. The highest BCUT2D eigenvalue weighted by Gasteiger charge is 2.66. The van der Waals surface area contributed by atoms with Crippen LogP contribution in [-0.4, -0.2) is 21.4 Å². The van der Waals surface area contributed by atoms with E-state index in [1.807, 2.05) is 0 Å². The Kier molecular flexibility index (Phi) is 6.64. The first-order valence-electron chi connectivity index (χ1n) is 18.0. The van der Waals surface area contributed by atoms with Gasteiger partial charge in [0.15, 0.2) is 0 Å². The van der Waals surface area contributed by atoms with Crippen LogP contribution in [0.3, 0.4) is 0 Å². The Morgan fingerprint density at radius 1 is 0.596 bits per heavy atom. The smallest absolute Gasteiger partial charge is 0.339 e. The first kappa shape index (κ1) is 32.3. The summed E-state index contributed by atoms with van der Waals surface area (Å²) in [6, 6.07) is 9.81. The summed E-state index contributed by atoms with van der Waals surface area (Å²) in [4.78, 5) is 0.0987. The second-order valence-electron chi connectivity index (χ2n) is 18.1. The summed E-state index contributed by atoms with van der Waals surface area (Å²) in [5.74, 6) is 1.87. The van der Waals surface area contributed by atoms with Gasteiger partial charge in [-0.25, -0.2) is 0 Å². The van der Waals surface area contributed by atoms with Crippen LogP contribution in [0.2, 0.25) is 0 Å². The molecule has 0 saturated heterocycles. The van der Waals surface area contributed by atoms with Crippen LogP contribution in [-0.2, 0) is 36.5 Å². The lowest BCUT2D eigenvalue weighted by molar-refractivity contribution is 0.196. The van der Waals surface area contributed by atoms with Gasteiger partial charge in [-0.05, 0) is 152 Å². The molecule has 2 aromatic carbocycles. The summed E-state index contributed by atoms with van der Waals surface area (Å²) in [5, 5.41) is 0. The molecule has 6 aliphatic rings. The Bertz CT molecular complexity index is 1780. The molecule has 0 heterocycles. The first-order valence-corrected chi connectivity index (χ1v) is 20.9. The Morgan fingerprint density at radius 2 is 0.957 bits per heavy atom. The van der Waals surface area contributed by atoms with Crippen LogP contribution in [0.25, 0.3) is 0 Å². The van der Waals surface area contributed by atoms with Crippen molar-refractivity contribution in [2.24, 2.45) is 34.0 Å². The third-order valence-corrected chi connectivity index (χ3v) is 18.7. The summed E-state index contributed by atoms with van der Waals surface area (Å²) in [6.07, 6.45) is 13.2. The first-order chi connectivity index (χ1) is 21.8. The topological polar surface area (TPSA) is 97.7 Å². The van der Waals surface area contributed by atoms with Crippen molar-refractivity contribution in [2.45, 2.75) is 145 Å². The molecule has 2 aromatic rings. The quantitative estimate of drug-likeness (QED) is 0.231. The zero-order chi connectivity index (χ0) is 33.6. The van der Waals surface area contributed by atoms with Crippen molar-refractivity contribution in [1.82, 2.24) is 0 Å². The van der Waals surface area contributed by atoms with Crippen molar-refractivity contribution >= 4 is 20.2 Å². The fourth-order valence-corrected chi connectivity index (χ4v) is 15.2.